The highest BCUT2D eigenvalue weighted by atomic mass is 35.5. The van der Waals surface area contributed by atoms with Gasteiger partial charge >= 0.3 is 0 Å². The Morgan fingerprint density at radius 2 is 2.00 bits per heavy atom. The average Bonchev–Trinajstić information content (AvgIpc) is 2.52. The van der Waals surface area contributed by atoms with E-state index in [1.54, 1.807) is 6.07 Å². The third-order valence-corrected chi connectivity index (χ3v) is 4.11. The molecular formula is C16H19ClN2O2. The van der Waals surface area contributed by atoms with Crippen molar-refractivity contribution < 1.29 is 9.90 Å². The molecule has 0 fully saturated rings. The molecule has 0 saturated heterocycles. The van der Waals surface area contributed by atoms with Gasteiger partial charge in [0.05, 0.1) is 16.1 Å². The summed E-state index contributed by atoms with van der Waals surface area (Å²) in [5.74, 6) is -0.331. The van der Waals surface area contributed by atoms with Crippen LogP contribution < -0.4 is 5.32 Å². The minimum absolute atomic E-state index is 0.199. The molecule has 0 aliphatic heterocycles. The van der Waals surface area contributed by atoms with Crippen molar-refractivity contribution >= 4 is 28.4 Å². The highest BCUT2D eigenvalue weighted by Crippen LogP contribution is 2.22. The Labute approximate surface area is 129 Å². The number of hydrogen-bond acceptors (Lipinski definition) is 3. The normalized spacial score (nSPS) is 11.6. The predicted octanol–water partition coefficient (Wildman–Crippen LogP) is 3.17. The SMILES string of the molecule is CCC(O)(CC)CNC(=O)c1cc(Cl)c2ccccc2n1. The number of fused-ring (bicyclic) bond motifs is 1. The number of amides is 1. The molecule has 0 aliphatic rings. The molecule has 4 nitrogen and oxygen atoms in total. The van der Waals surface area contributed by atoms with E-state index in [0.717, 1.165) is 5.39 Å². The van der Waals surface area contributed by atoms with Gasteiger partial charge in [0.25, 0.3) is 5.91 Å². The van der Waals surface area contributed by atoms with Crippen LogP contribution in [0.5, 0.6) is 0 Å². The number of hydrogen-bond donors (Lipinski definition) is 2. The molecule has 1 heterocycles. The molecule has 2 rings (SSSR count). The van der Waals surface area contributed by atoms with Gasteiger partial charge in [0.1, 0.15) is 5.69 Å². The van der Waals surface area contributed by atoms with E-state index < -0.39 is 5.60 Å². The van der Waals surface area contributed by atoms with Gasteiger partial charge in [-0.3, -0.25) is 4.79 Å². The van der Waals surface area contributed by atoms with Gasteiger partial charge < -0.3 is 10.4 Å². The second-order valence-electron chi connectivity index (χ2n) is 5.12. The fourth-order valence-electron chi connectivity index (χ4n) is 2.08. The second kappa shape index (κ2) is 6.41. The highest BCUT2D eigenvalue weighted by Gasteiger charge is 2.23. The highest BCUT2D eigenvalue weighted by molar-refractivity contribution is 6.35. The van der Waals surface area contributed by atoms with Crippen LogP contribution >= 0.6 is 11.6 Å². The van der Waals surface area contributed by atoms with E-state index in [0.29, 0.717) is 23.4 Å². The molecule has 0 spiro atoms. The van der Waals surface area contributed by atoms with E-state index in [1.807, 2.05) is 38.1 Å². The molecule has 21 heavy (non-hydrogen) atoms. The fourth-order valence-corrected chi connectivity index (χ4v) is 2.35. The van der Waals surface area contributed by atoms with Crippen LogP contribution in [0.25, 0.3) is 10.9 Å². The van der Waals surface area contributed by atoms with Gasteiger partial charge in [0, 0.05) is 11.9 Å². The van der Waals surface area contributed by atoms with E-state index >= 15 is 0 Å². The quantitative estimate of drug-likeness (QED) is 0.892. The van der Waals surface area contributed by atoms with Gasteiger partial charge in [0.15, 0.2) is 0 Å². The van der Waals surface area contributed by atoms with E-state index in [9.17, 15) is 9.90 Å². The number of benzene rings is 1. The van der Waals surface area contributed by atoms with Crippen molar-refractivity contribution in [1.29, 1.82) is 0 Å². The standard InChI is InChI=1S/C16H19ClN2O2/c1-3-16(21,4-2)10-18-15(20)14-9-12(17)11-7-5-6-8-13(11)19-14/h5-9,21H,3-4,10H2,1-2H3,(H,18,20). The Morgan fingerprint density at radius 1 is 1.33 bits per heavy atom. The minimum Gasteiger partial charge on any atom is -0.388 e. The van der Waals surface area contributed by atoms with Crippen LogP contribution in [0.3, 0.4) is 0 Å². The number of halogens is 1. The molecule has 112 valence electrons. The monoisotopic (exact) mass is 306 g/mol. The van der Waals surface area contributed by atoms with E-state index in [2.05, 4.69) is 10.3 Å². The molecule has 1 aromatic heterocycles. The lowest BCUT2D eigenvalue weighted by atomic mass is 9.97. The summed E-state index contributed by atoms with van der Waals surface area (Å²) in [6, 6.07) is 8.94. The van der Waals surface area contributed by atoms with E-state index in [-0.39, 0.29) is 18.1 Å². The first-order valence-corrected chi connectivity index (χ1v) is 7.43. The fraction of sp³-hybridized carbons (Fsp3) is 0.375. The molecule has 0 bridgehead atoms. The van der Waals surface area contributed by atoms with Gasteiger partial charge in [-0.2, -0.15) is 0 Å². The number of pyridine rings is 1. The zero-order valence-corrected chi connectivity index (χ0v) is 12.9. The van der Waals surface area contributed by atoms with Crippen molar-refractivity contribution in [2.45, 2.75) is 32.3 Å². The van der Waals surface area contributed by atoms with E-state index in [4.69, 9.17) is 11.6 Å². The van der Waals surface area contributed by atoms with E-state index in [1.165, 1.54) is 0 Å². The number of para-hydroxylation sites is 1. The van der Waals surface area contributed by atoms with Gasteiger partial charge in [-0.25, -0.2) is 4.98 Å². The summed E-state index contributed by atoms with van der Waals surface area (Å²) in [5.41, 5.74) is 0.0562. The molecule has 0 atom stereocenters. The zero-order chi connectivity index (χ0) is 15.5. The number of carbonyl (C=O) groups excluding carboxylic acids is 1. The number of rotatable bonds is 5. The minimum atomic E-state index is -0.879. The zero-order valence-electron chi connectivity index (χ0n) is 12.2. The smallest absolute Gasteiger partial charge is 0.270 e. The van der Waals surface area contributed by atoms with Crippen molar-refractivity contribution in [3.63, 3.8) is 0 Å². The molecule has 0 saturated carbocycles. The molecule has 1 amide bonds. The van der Waals surface area contributed by atoms with Crippen molar-refractivity contribution in [1.82, 2.24) is 10.3 Å². The summed E-state index contributed by atoms with van der Waals surface area (Å²) < 4.78 is 0. The van der Waals surface area contributed by atoms with Crippen LogP contribution in [-0.2, 0) is 0 Å². The van der Waals surface area contributed by atoms with Crippen LogP contribution in [0, 0.1) is 0 Å². The molecular weight excluding hydrogens is 288 g/mol. The Morgan fingerprint density at radius 3 is 2.67 bits per heavy atom. The molecule has 2 N–H and O–H groups in total. The second-order valence-corrected chi connectivity index (χ2v) is 5.53. The Hall–Kier alpha value is -1.65. The largest absolute Gasteiger partial charge is 0.388 e. The maximum absolute atomic E-state index is 12.2. The van der Waals surface area contributed by atoms with Crippen molar-refractivity contribution in [2.24, 2.45) is 0 Å². The lowest BCUT2D eigenvalue weighted by molar-refractivity contribution is 0.0313. The Kier molecular flexibility index (Phi) is 4.80. The average molecular weight is 307 g/mol. The van der Waals surface area contributed by atoms with Gasteiger partial charge in [-0.1, -0.05) is 43.6 Å². The first-order chi connectivity index (χ1) is 9.99. The Balaban J connectivity index is 2.20. The van der Waals surface area contributed by atoms with Crippen molar-refractivity contribution in [3.8, 4) is 0 Å². The Bertz CT molecular complexity index is 654. The third kappa shape index (κ3) is 3.52. The van der Waals surface area contributed by atoms with Crippen molar-refractivity contribution in [3.05, 3.63) is 41.0 Å². The summed E-state index contributed by atoms with van der Waals surface area (Å²) in [7, 11) is 0. The van der Waals surface area contributed by atoms with Crippen LogP contribution in [-0.4, -0.2) is 28.1 Å². The van der Waals surface area contributed by atoms with Crippen LogP contribution in [0.1, 0.15) is 37.2 Å². The molecule has 0 aliphatic carbocycles. The maximum Gasteiger partial charge on any atom is 0.270 e. The van der Waals surface area contributed by atoms with Crippen molar-refractivity contribution in [2.75, 3.05) is 6.54 Å². The van der Waals surface area contributed by atoms with Gasteiger partial charge in [-0.15, -0.1) is 0 Å². The van der Waals surface area contributed by atoms with Crippen LogP contribution in [0.15, 0.2) is 30.3 Å². The molecule has 0 unspecified atom stereocenters. The number of aromatic nitrogens is 1. The topological polar surface area (TPSA) is 62.2 Å². The van der Waals surface area contributed by atoms with Gasteiger partial charge in [-0.05, 0) is 25.0 Å². The molecule has 5 heteroatoms. The maximum atomic E-state index is 12.2. The molecule has 1 aromatic carbocycles. The lowest BCUT2D eigenvalue weighted by Gasteiger charge is -2.25. The van der Waals surface area contributed by atoms with Crippen LogP contribution in [0.2, 0.25) is 5.02 Å². The first kappa shape index (κ1) is 15.7. The summed E-state index contributed by atoms with van der Waals surface area (Å²) in [6.45, 7) is 3.98. The number of nitrogens with zero attached hydrogens (tertiary/aromatic N) is 1. The summed E-state index contributed by atoms with van der Waals surface area (Å²) in [4.78, 5) is 16.5. The third-order valence-electron chi connectivity index (χ3n) is 3.79. The molecule has 2 aromatic rings. The lowest BCUT2D eigenvalue weighted by Crippen LogP contribution is -2.42. The summed E-state index contributed by atoms with van der Waals surface area (Å²) in [5, 5.41) is 14.2. The predicted molar refractivity (Wildman–Crippen MR) is 84.6 cm³/mol. The number of aliphatic hydroxyl groups is 1. The summed E-state index contributed by atoms with van der Waals surface area (Å²) in [6.07, 6.45) is 1.16. The van der Waals surface area contributed by atoms with Crippen LogP contribution in [0.4, 0.5) is 0 Å². The molecule has 0 radical (unpaired) electrons. The first-order valence-electron chi connectivity index (χ1n) is 7.05. The number of carbonyl (C=O) groups is 1. The number of nitrogens with one attached hydrogen (secondary N) is 1. The summed E-state index contributed by atoms with van der Waals surface area (Å²) >= 11 is 6.18. The van der Waals surface area contributed by atoms with Gasteiger partial charge in [0.2, 0.25) is 0 Å².